The number of β-amino-alcohol motifs (C(OH)–C–C–N with tert-alkyl or cyclic N) is 1. The Morgan fingerprint density at radius 1 is 1.53 bits per heavy atom. The number of carbonyl (C=O) groups is 2. The Labute approximate surface area is 101 Å². The minimum Gasteiger partial charge on any atom is -0.469 e. The molecule has 0 aliphatic carbocycles. The molecular weight excluding hydrogens is 224 g/mol. The Bertz CT molecular complexity index is 270. The number of amides is 1. The van der Waals surface area contributed by atoms with E-state index >= 15 is 0 Å². The summed E-state index contributed by atoms with van der Waals surface area (Å²) in [5.74, 6) is -0.328. The van der Waals surface area contributed by atoms with Crippen molar-refractivity contribution in [1.82, 2.24) is 10.2 Å². The lowest BCUT2D eigenvalue weighted by Crippen LogP contribution is -2.36. The molecule has 1 aliphatic rings. The van der Waals surface area contributed by atoms with E-state index < -0.39 is 0 Å². The fourth-order valence-electron chi connectivity index (χ4n) is 1.78. The van der Waals surface area contributed by atoms with Gasteiger partial charge < -0.3 is 15.2 Å². The van der Waals surface area contributed by atoms with Crippen molar-refractivity contribution in [3.63, 3.8) is 0 Å². The fraction of sp³-hybridized carbons (Fsp3) is 0.818. The van der Waals surface area contributed by atoms with Gasteiger partial charge in [0, 0.05) is 26.1 Å². The van der Waals surface area contributed by atoms with Gasteiger partial charge in [0.25, 0.3) is 0 Å². The summed E-state index contributed by atoms with van der Waals surface area (Å²) in [5, 5.41) is 12.0. The van der Waals surface area contributed by atoms with E-state index in [0.717, 1.165) is 13.0 Å². The van der Waals surface area contributed by atoms with E-state index in [-0.39, 0.29) is 18.0 Å². The van der Waals surface area contributed by atoms with E-state index in [4.69, 9.17) is 0 Å². The van der Waals surface area contributed by atoms with Crippen LogP contribution in [-0.4, -0.2) is 61.3 Å². The van der Waals surface area contributed by atoms with Crippen LogP contribution >= 0.6 is 0 Å². The Morgan fingerprint density at radius 3 is 2.88 bits per heavy atom. The van der Waals surface area contributed by atoms with Gasteiger partial charge in [-0.1, -0.05) is 0 Å². The Balaban J connectivity index is 2.03. The maximum atomic E-state index is 11.5. The number of likely N-dealkylation sites (tertiary alicyclic amines) is 1. The first kappa shape index (κ1) is 13.9. The first-order valence-electron chi connectivity index (χ1n) is 5.85. The molecule has 1 atom stereocenters. The van der Waals surface area contributed by atoms with E-state index in [1.165, 1.54) is 7.11 Å². The Hall–Kier alpha value is -1.14. The van der Waals surface area contributed by atoms with Crippen molar-refractivity contribution >= 4 is 11.9 Å². The van der Waals surface area contributed by atoms with Crippen molar-refractivity contribution in [3.8, 4) is 0 Å². The maximum Gasteiger partial charge on any atom is 0.305 e. The molecular formula is C11H20N2O4. The van der Waals surface area contributed by atoms with Crippen LogP contribution in [0.15, 0.2) is 0 Å². The van der Waals surface area contributed by atoms with Crippen LogP contribution in [0.4, 0.5) is 0 Å². The molecule has 1 amide bonds. The number of nitrogens with zero attached hydrogens (tertiary/aromatic N) is 1. The number of hydrogen-bond acceptors (Lipinski definition) is 5. The van der Waals surface area contributed by atoms with Crippen molar-refractivity contribution in [2.45, 2.75) is 25.4 Å². The lowest BCUT2D eigenvalue weighted by Gasteiger charge is -2.14. The molecule has 0 radical (unpaired) electrons. The van der Waals surface area contributed by atoms with E-state index in [9.17, 15) is 14.7 Å². The number of esters is 1. The van der Waals surface area contributed by atoms with E-state index in [2.05, 4.69) is 10.1 Å². The lowest BCUT2D eigenvalue weighted by atomic mass is 10.3. The van der Waals surface area contributed by atoms with E-state index in [1.54, 1.807) is 0 Å². The summed E-state index contributed by atoms with van der Waals surface area (Å²) in [4.78, 5) is 24.2. The van der Waals surface area contributed by atoms with Gasteiger partial charge in [-0.05, 0) is 12.8 Å². The van der Waals surface area contributed by atoms with Gasteiger partial charge in [-0.3, -0.25) is 14.5 Å². The molecule has 98 valence electrons. The molecule has 0 saturated carbocycles. The molecule has 1 heterocycles. The molecule has 1 rings (SSSR count). The Morgan fingerprint density at radius 2 is 2.29 bits per heavy atom. The second-order valence-corrected chi connectivity index (χ2v) is 4.21. The van der Waals surface area contributed by atoms with Crippen LogP contribution in [0.2, 0.25) is 0 Å². The van der Waals surface area contributed by atoms with Crippen LogP contribution in [0.1, 0.15) is 19.3 Å². The average molecular weight is 244 g/mol. The third-order valence-corrected chi connectivity index (χ3v) is 2.72. The summed E-state index contributed by atoms with van der Waals surface area (Å²) >= 11 is 0. The van der Waals surface area contributed by atoms with Crippen molar-refractivity contribution in [1.29, 1.82) is 0 Å². The number of nitrogens with one attached hydrogen (secondary N) is 1. The second-order valence-electron chi connectivity index (χ2n) is 4.21. The summed E-state index contributed by atoms with van der Waals surface area (Å²) in [6.07, 6.45) is 1.33. The summed E-state index contributed by atoms with van der Waals surface area (Å²) in [6.45, 7) is 2.12. The monoisotopic (exact) mass is 244 g/mol. The van der Waals surface area contributed by atoms with Crippen molar-refractivity contribution < 1.29 is 19.4 Å². The molecule has 6 nitrogen and oxygen atoms in total. The van der Waals surface area contributed by atoms with Gasteiger partial charge in [0.1, 0.15) is 0 Å². The number of aliphatic hydroxyl groups excluding tert-OH is 1. The van der Waals surface area contributed by atoms with Crippen molar-refractivity contribution in [3.05, 3.63) is 0 Å². The summed E-state index contributed by atoms with van der Waals surface area (Å²) in [5.41, 5.74) is 0. The first-order chi connectivity index (χ1) is 8.11. The molecule has 2 N–H and O–H groups in total. The SMILES string of the molecule is COC(=O)CCCNC(=O)CN1CC[C@@H](O)C1. The number of hydrogen-bond donors (Lipinski definition) is 2. The van der Waals surface area contributed by atoms with Crippen LogP contribution < -0.4 is 5.32 Å². The van der Waals surface area contributed by atoms with Gasteiger partial charge in [-0.2, -0.15) is 0 Å². The number of rotatable bonds is 6. The third kappa shape index (κ3) is 5.65. The van der Waals surface area contributed by atoms with Crippen molar-refractivity contribution in [2.24, 2.45) is 0 Å². The van der Waals surface area contributed by atoms with Crippen LogP contribution in [0.3, 0.4) is 0 Å². The van der Waals surface area contributed by atoms with Gasteiger partial charge in [-0.15, -0.1) is 0 Å². The highest BCUT2D eigenvalue weighted by atomic mass is 16.5. The number of methoxy groups -OCH3 is 1. The molecule has 0 spiro atoms. The first-order valence-corrected chi connectivity index (χ1v) is 5.85. The zero-order valence-corrected chi connectivity index (χ0v) is 10.1. The number of aliphatic hydroxyl groups is 1. The minimum absolute atomic E-state index is 0.0658. The predicted molar refractivity (Wildman–Crippen MR) is 61.3 cm³/mol. The number of carbonyl (C=O) groups excluding carboxylic acids is 2. The molecule has 0 unspecified atom stereocenters. The smallest absolute Gasteiger partial charge is 0.305 e. The van der Waals surface area contributed by atoms with E-state index in [0.29, 0.717) is 32.5 Å². The summed E-state index contributed by atoms with van der Waals surface area (Å²) in [6, 6.07) is 0. The van der Waals surface area contributed by atoms with E-state index in [1.807, 2.05) is 4.90 Å². The molecule has 0 aromatic carbocycles. The number of ether oxygens (including phenoxy) is 1. The molecule has 6 heteroatoms. The molecule has 17 heavy (non-hydrogen) atoms. The highest BCUT2D eigenvalue weighted by molar-refractivity contribution is 5.78. The molecule has 0 aromatic rings. The summed E-state index contributed by atoms with van der Waals surface area (Å²) in [7, 11) is 1.35. The second kappa shape index (κ2) is 7.24. The average Bonchev–Trinajstić information content (AvgIpc) is 2.69. The van der Waals surface area contributed by atoms with Crippen LogP contribution in [0, 0.1) is 0 Å². The highest BCUT2D eigenvalue weighted by Crippen LogP contribution is 2.07. The standard InChI is InChI=1S/C11H20N2O4/c1-17-11(16)3-2-5-12-10(15)8-13-6-4-9(14)7-13/h9,14H,2-8H2,1H3,(H,12,15)/t9-/m1/s1. The predicted octanol–water partition coefficient (Wildman–Crippen LogP) is -0.878. The maximum absolute atomic E-state index is 11.5. The topological polar surface area (TPSA) is 78.9 Å². The minimum atomic E-state index is -0.304. The van der Waals surface area contributed by atoms with Crippen LogP contribution in [0.5, 0.6) is 0 Å². The van der Waals surface area contributed by atoms with Gasteiger partial charge in [-0.25, -0.2) is 0 Å². The summed E-state index contributed by atoms with van der Waals surface area (Å²) < 4.78 is 4.49. The van der Waals surface area contributed by atoms with Crippen LogP contribution in [0.25, 0.3) is 0 Å². The fourth-order valence-corrected chi connectivity index (χ4v) is 1.78. The zero-order chi connectivity index (χ0) is 12.7. The van der Waals surface area contributed by atoms with Gasteiger partial charge in [0.15, 0.2) is 0 Å². The third-order valence-electron chi connectivity index (χ3n) is 2.72. The molecule has 1 fully saturated rings. The lowest BCUT2D eigenvalue weighted by molar-refractivity contribution is -0.140. The van der Waals surface area contributed by atoms with Crippen molar-refractivity contribution in [2.75, 3.05) is 33.3 Å². The highest BCUT2D eigenvalue weighted by Gasteiger charge is 2.21. The largest absolute Gasteiger partial charge is 0.469 e. The van der Waals surface area contributed by atoms with Crippen LogP contribution in [-0.2, 0) is 14.3 Å². The molecule has 0 aromatic heterocycles. The molecule has 1 saturated heterocycles. The normalized spacial score (nSPS) is 20.2. The van der Waals surface area contributed by atoms with Gasteiger partial charge in [0.2, 0.25) is 5.91 Å². The molecule has 1 aliphatic heterocycles. The Kier molecular flexibility index (Phi) is 5.93. The molecule has 0 bridgehead atoms. The van der Waals surface area contributed by atoms with Gasteiger partial charge >= 0.3 is 5.97 Å². The zero-order valence-electron chi connectivity index (χ0n) is 10.1. The van der Waals surface area contributed by atoms with Gasteiger partial charge in [0.05, 0.1) is 19.8 Å². The quantitative estimate of drug-likeness (QED) is 0.469.